The fourth-order valence-corrected chi connectivity index (χ4v) is 3.78. The summed E-state index contributed by atoms with van der Waals surface area (Å²) in [4.78, 5) is 37.2. The summed E-state index contributed by atoms with van der Waals surface area (Å²) in [7, 11) is 0. The van der Waals surface area contributed by atoms with E-state index in [0.29, 0.717) is 0 Å². The normalized spacial score (nSPS) is 12.1. The first-order chi connectivity index (χ1) is 15.3. The summed E-state index contributed by atoms with van der Waals surface area (Å²) in [5, 5.41) is 2.46. The van der Waals surface area contributed by atoms with Crippen molar-refractivity contribution < 1.29 is 27.5 Å². The summed E-state index contributed by atoms with van der Waals surface area (Å²) >= 11 is 0.810. The number of hydrogen-bond acceptors (Lipinski definition) is 5. The number of thiazole rings is 1. The van der Waals surface area contributed by atoms with Gasteiger partial charge in [-0.25, -0.2) is 18.0 Å². The third-order valence-corrected chi connectivity index (χ3v) is 5.20. The van der Waals surface area contributed by atoms with Crippen molar-refractivity contribution in [3.05, 3.63) is 85.0 Å². The largest absolute Gasteiger partial charge is 0.463 e. The lowest BCUT2D eigenvalue weighted by atomic mass is 10.2. The lowest BCUT2D eigenvalue weighted by Crippen LogP contribution is -2.36. The Labute approximate surface area is 183 Å². The quantitative estimate of drug-likeness (QED) is 0.570. The van der Waals surface area contributed by atoms with Crippen LogP contribution in [0.1, 0.15) is 12.5 Å². The first-order valence-electron chi connectivity index (χ1n) is 9.37. The van der Waals surface area contributed by atoms with Crippen molar-refractivity contribution in [2.24, 2.45) is 0 Å². The van der Waals surface area contributed by atoms with E-state index in [4.69, 9.17) is 4.74 Å². The van der Waals surface area contributed by atoms with Crippen LogP contribution in [0.15, 0.2) is 47.3 Å². The molecule has 0 spiro atoms. The average Bonchev–Trinajstić information content (AvgIpc) is 3.00. The molecule has 1 N–H and O–H groups in total. The van der Waals surface area contributed by atoms with Gasteiger partial charge in [0, 0.05) is 11.3 Å². The predicted octanol–water partition coefficient (Wildman–Crippen LogP) is 2.14. The topological polar surface area (TPSA) is 77.4 Å². The molecule has 1 amide bonds. The number of carbonyl (C=O) groups is 2. The number of aromatic nitrogens is 1. The summed E-state index contributed by atoms with van der Waals surface area (Å²) in [6, 6.07) is 8.69. The minimum absolute atomic E-state index is 0.0244. The molecule has 3 aromatic rings. The van der Waals surface area contributed by atoms with Crippen LogP contribution in [0, 0.1) is 17.5 Å². The van der Waals surface area contributed by atoms with Crippen LogP contribution >= 0.6 is 11.3 Å². The van der Waals surface area contributed by atoms with E-state index in [9.17, 15) is 27.6 Å². The molecular weight excluding hydrogens is 445 g/mol. The predicted molar refractivity (Wildman–Crippen MR) is 114 cm³/mol. The second-order valence-corrected chi connectivity index (χ2v) is 7.50. The maximum Gasteiger partial charge on any atom is 0.333 e. The molecule has 0 aliphatic heterocycles. The fraction of sp³-hybridized carbons (Fsp3) is 0.136. The average molecular weight is 462 g/mol. The van der Waals surface area contributed by atoms with Gasteiger partial charge in [-0.2, -0.15) is 0 Å². The summed E-state index contributed by atoms with van der Waals surface area (Å²) in [6.07, 6.45) is 2.17. The van der Waals surface area contributed by atoms with Gasteiger partial charge in [0.2, 0.25) is 5.91 Å². The number of benzene rings is 2. The SMILES string of the molecule is CCOC(=O)C=c1sc(=Cc2cccc(F)c2F)c(=O)n1CC(=O)Nc1cccc(F)c1. The van der Waals surface area contributed by atoms with Gasteiger partial charge < -0.3 is 10.1 Å². The molecule has 0 bridgehead atoms. The molecule has 1 aromatic heterocycles. The molecule has 0 radical (unpaired) electrons. The molecule has 0 aliphatic carbocycles. The molecule has 6 nitrogen and oxygen atoms in total. The Balaban J connectivity index is 2.04. The van der Waals surface area contributed by atoms with E-state index in [1.165, 1.54) is 30.3 Å². The van der Waals surface area contributed by atoms with Crippen LogP contribution in [0.5, 0.6) is 0 Å². The van der Waals surface area contributed by atoms with Crippen molar-refractivity contribution in [3.8, 4) is 0 Å². The van der Waals surface area contributed by atoms with Gasteiger partial charge in [-0.15, -0.1) is 11.3 Å². The Hall–Kier alpha value is -3.66. The minimum Gasteiger partial charge on any atom is -0.463 e. The van der Waals surface area contributed by atoms with Gasteiger partial charge in [0.05, 0.1) is 17.2 Å². The molecule has 32 heavy (non-hydrogen) atoms. The third kappa shape index (κ3) is 5.52. The smallest absolute Gasteiger partial charge is 0.333 e. The lowest BCUT2D eigenvalue weighted by Gasteiger charge is -2.06. The number of esters is 1. The number of carbonyl (C=O) groups excluding carboxylic acids is 2. The monoisotopic (exact) mass is 462 g/mol. The highest BCUT2D eigenvalue weighted by atomic mass is 32.1. The highest BCUT2D eigenvalue weighted by molar-refractivity contribution is 7.07. The van der Waals surface area contributed by atoms with Crippen molar-refractivity contribution in [1.29, 1.82) is 0 Å². The minimum atomic E-state index is -1.13. The highest BCUT2D eigenvalue weighted by Crippen LogP contribution is 2.12. The zero-order chi connectivity index (χ0) is 23.3. The van der Waals surface area contributed by atoms with Crippen LogP contribution in [-0.4, -0.2) is 23.1 Å². The molecule has 10 heteroatoms. The third-order valence-electron chi connectivity index (χ3n) is 4.14. The van der Waals surface area contributed by atoms with E-state index in [1.54, 1.807) is 6.92 Å². The van der Waals surface area contributed by atoms with Crippen molar-refractivity contribution in [1.82, 2.24) is 4.57 Å². The maximum atomic E-state index is 14.0. The van der Waals surface area contributed by atoms with Crippen LogP contribution in [0.25, 0.3) is 12.2 Å². The van der Waals surface area contributed by atoms with Crippen molar-refractivity contribution >= 4 is 41.1 Å². The first kappa shape index (κ1) is 23.0. The molecule has 0 unspecified atom stereocenters. The number of anilines is 1. The summed E-state index contributed by atoms with van der Waals surface area (Å²) < 4.78 is 46.8. The number of rotatable bonds is 6. The van der Waals surface area contributed by atoms with Gasteiger partial charge in [-0.05, 0) is 37.3 Å². The lowest BCUT2D eigenvalue weighted by molar-refractivity contribution is -0.135. The van der Waals surface area contributed by atoms with Crippen LogP contribution < -0.4 is 20.1 Å². The number of amides is 1. The molecule has 0 saturated carbocycles. The number of nitrogens with zero attached hydrogens (tertiary/aromatic N) is 1. The van der Waals surface area contributed by atoms with E-state index < -0.39 is 41.4 Å². The van der Waals surface area contributed by atoms with Crippen molar-refractivity contribution in [3.63, 3.8) is 0 Å². The number of halogens is 3. The molecule has 0 aliphatic rings. The van der Waals surface area contributed by atoms with Gasteiger partial charge in [0.1, 0.15) is 17.0 Å². The Morgan fingerprint density at radius 3 is 2.62 bits per heavy atom. The summed E-state index contributed by atoms with van der Waals surface area (Å²) in [5.41, 5.74) is -0.672. The maximum absolute atomic E-state index is 14.0. The van der Waals surface area contributed by atoms with Gasteiger partial charge in [-0.1, -0.05) is 18.2 Å². The molecule has 166 valence electrons. The van der Waals surface area contributed by atoms with E-state index >= 15 is 0 Å². The zero-order valence-electron chi connectivity index (χ0n) is 16.7. The van der Waals surface area contributed by atoms with Crippen LogP contribution in [-0.2, 0) is 20.9 Å². The van der Waals surface area contributed by atoms with Crippen LogP contribution in [0.2, 0.25) is 0 Å². The second kappa shape index (κ2) is 10.1. The van der Waals surface area contributed by atoms with E-state index in [-0.39, 0.29) is 27.1 Å². The first-order valence-corrected chi connectivity index (χ1v) is 10.2. The molecule has 0 saturated heterocycles. The Morgan fingerprint density at radius 1 is 1.16 bits per heavy atom. The zero-order valence-corrected chi connectivity index (χ0v) is 17.5. The molecular formula is C22H17F3N2O4S. The highest BCUT2D eigenvalue weighted by Gasteiger charge is 2.13. The Bertz CT molecular complexity index is 1350. The van der Waals surface area contributed by atoms with Crippen LogP contribution in [0.4, 0.5) is 18.9 Å². The Morgan fingerprint density at radius 2 is 1.91 bits per heavy atom. The molecule has 1 heterocycles. The van der Waals surface area contributed by atoms with Crippen molar-refractivity contribution in [2.75, 3.05) is 11.9 Å². The van der Waals surface area contributed by atoms with Gasteiger partial charge in [-0.3, -0.25) is 14.2 Å². The summed E-state index contributed by atoms with van der Waals surface area (Å²) in [6.45, 7) is 1.20. The van der Waals surface area contributed by atoms with E-state index in [2.05, 4.69) is 5.32 Å². The summed E-state index contributed by atoms with van der Waals surface area (Å²) in [5.74, 6) is -4.16. The fourth-order valence-electron chi connectivity index (χ4n) is 2.76. The number of nitrogens with one attached hydrogen (secondary N) is 1. The molecule has 0 fully saturated rings. The second-order valence-electron chi connectivity index (χ2n) is 6.44. The van der Waals surface area contributed by atoms with Gasteiger partial charge in [0.15, 0.2) is 11.6 Å². The molecule has 0 atom stereocenters. The van der Waals surface area contributed by atoms with Crippen LogP contribution in [0.3, 0.4) is 0 Å². The number of hydrogen-bond donors (Lipinski definition) is 1. The number of ether oxygens (including phenoxy) is 1. The van der Waals surface area contributed by atoms with Gasteiger partial charge >= 0.3 is 5.97 Å². The molecule has 3 rings (SSSR count). The standard InChI is InChI=1S/C22H17F3N2O4S/c1-2-31-20(29)11-19-27(12-18(28)26-15-7-4-6-14(23)10-15)22(30)17(32-19)9-13-5-3-8-16(24)21(13)25/h3-11H,2,12H2,1H3,(H,26,28). The van der Waals surface area contributed by atoms with E-state index in [0.717, 1.165) is 40.2 Å². The van der Waals surface area contributed by atoms with E-state index in [1.807, 2.05) is 0 Å². The molecule has 2 aromatic carbocycles. The van der Waals surface area contributed by atoms with Crippen molar-refractivity contribution in [2.45, 2.75) is 13.5 Å². The Kier molecular flexibility index (Phi) is 7.26. The van der Waals surface area contributed by atoms with Gasteiger partial charge in [0.25, 0.3) is 5.56 Å².